The predicted octanol–water partition coefficient (Wildman–Crippen LogP) is 5.79. The molecular formula is C25H20FN5. The summed E-state index contributed by atoms with van der Waals surface area (Å²) in [5, 5.41) is 3.40. The van der Waals surface area contributed by atoms with Crippen LogP contribution in [-0.4, -0.2) is 19.5 Å². The number of rotatable bonds is 5. The lowest BCUT2D eigenvalue weighted by atomic mass is 10.1. The van der Waals surface area contributed by atoms with Crippen molar-refractivity contribution >= 4 is 17.0 Å². The van der Waals surface area contributed by atoms with Gasteiger partial charge in [-0.3, -0.25) is 4.57 Å². The summed E-state index contributed by atoms with van der Waals surface area (Å²) < 4.78 is 15.4. The van der Waals surface area contributed by atoms with Crippen molar-refractivity contribution in [3.63, 3.8) is 0 Å². The number of nitrogens with zero attached hydrogens (tertiary/aromatic N) is 4. The highest BCUT2D eigenvalue weighted by atomic mass is 19.1. The minimum Gasteiger partial charge on any atom is -0.348 e. The fraction of sp³-hybridized carbons (Fsp3) is 0.0800. The second kappa shape index (κ2) is 7.99. The molecule has 1 atom stereocenters. The molecule has 0 aliphatic heterocycles. The van der Waals surface area contributed by atoms with Crippen LogP contribution in [0.5, 0.6) is 0 Å². The van der Waals surface area contributed by atoms with Gasteiger partial charge in [0.25, 0.3) is 0 Å². The number of halogens is 1. The Morgan fingerprint density at radius 3 is 2.42 bits per heavy atom. The number of anilines is 1. The summed E-state index contributed by atoms with van der Waals surface area (Å²) in [7, 11) is 0. The molecular weight excluding hydrogens is 389 g/mol. The van der Waals surface area contributed by atoms with E-state index in [0.717, 1.165) is 22.2 Å². The van der Waals surface area contributed by atoms with Crippen LogP contribution < -0.4 is 5.32 Å². The van der Waals surface area contributed by atoms with Gasteiger partial charge >= 0.3 is 0 Å². The number of benzene rings is 3. The van der Waals surface area contributed by atoms with Gasteiger partial charge < -0.3 is 5.32 Å². The number of aromatic nitrogens is 4. The van der Waals surface area contributed by atoms with E-state index in [1.807, 2.05) is 53.1 Å². The second-order valence-electron chi connectivity index (χ2n) is 7.32. The summed E-state index contributed by atoms with van der Waals surface area (Å²) in [6.45, 7) is 2.07. The minimum atomic E-state index is -0.283. The molecule has 6 heteroatoms. The van der Waals surface area contributed by atoms with E-state index in [1.54, 1.807) is 18.5 Å². The number of fused-ring (bicyclic) bond motifs is 1. The van der Waals surface area contributed by atoms with Crippen molar-refractivity contribution in [2.24, 2.45) is 0 Å². The van der Waals surface area contributed by atoms with E-state index in [1.165, 1.54) is 12.1 Å². The molecule has 2 aromatic heterocycles. The Bertz CT molecular complexity index is 1330. The molecule has 0 bridgehead atoms. The molecule has 5 rings (SSSR count). The van der Waals surface area contributed by atoms with Gasteiger partial charge in [-0.25, -0.2) is 14.4 Å². The first-order chi connectivity index (χ1) is 15.2. The third-order valence-corrected chi connectivity index (χ3v) is 5.20. The largest absolute Gasteiger partial charge is 0.348 e. The smallest absolute Gasteiger partial charge is 0.225 e. The Hall–Kier alpha value is -4.06. The monoisotopic (exact) mass is 409 g/mol. The normalized spacial score (nSPS) is 12.1. The van der Waals surface area contributed by atoms with Crippen molar-refractivity contribution in [3.05, 3.63) is 103 Å². The van der Waals surface area contributed by atoms with Crippen LogP contribution in [0.25, 0.3) is 28.1 Å². The molecule has 31 heavy (non-hydrogen) atoms. The second-order valence-corrected chi connectivity index (χ2v) is 7.32. The number of nitrogens with one attached hydrogen (secondary N) is 1. The molecule has 1 N–H and O–H groups in total. The molecule has 3 aromatic carbocycles. The van der Waals surface area contributed by atoms with Gasteiger partial charge in [-0.15, -0.1) is 0 Å². The van der Waals surface area contributed by atoms with E-state index in [9.17, 15) is 4.39 Å². The fourth-order valence-electron chi connectivity index (χ4n) is 3.55. The van der Waals surface area contributed by atoms with Gasteiger partial charge in [0.15, 0.2) is 0 Å². The molecule has 5 aromatic rings. The van der Waals surface area contributed by atoms with E-state index >= 15 is 0 Å². The first-order valence-electron chi connectivity index (χ1n) is 10.1. The SMILES string of the molecule is CC(Nc1nc(-c2ccc(F)cc2)cc(-n2cnc3ccccc32)n1)c1ccccc1. The standard InChI is InChI=1S/C25H20FN5/c1-17(18-7-3-2-4-8-18)28-25-29-22(19-11-13-20(26)14-12-19)15-24(30-25)31-16-27-21-9-5-6-10-23(21)31/h2-17H,1H3,(H,28,29,30). The molecule has 5 nitrogen and oxygen atoms in total. The third-order valence-electron chi connectivity index (χ3n) is 5.20. The first-order valence-corrected chi connectivity index (χ1v) is 10.1. The maximum absolute atomic E-state index is 13.5. The van der Waals surface area contributed by atoms with Crippen LogP contribution in [0.2, 0.25) is 0 Å². The lowest BCUT2D eigenvalue weighted by Crippen LogP contribution is -2.11. The summed E-state index contributed by atoms with van der Waals surface area (Å²) in [5.41, 5.74) is 4.48. The van der Waals surface area contributed by atoms with Crippen LogP contribution in [0.15, 0.2) is 91.3 Å². The van der Waals surface area contributed by atoms with Crippen LogP contribution in [0, 0.1) is 5.82 Å². The Morgan fingerprint density at radius 2 is 1.61 bits per heavy atom. The minimum absolute atomic E-state index is 0.0112. The zero-order valence-electron chi connectivity index (χ0n) is 16.9. The molecule has 152 valence electrons. The fourth-order valence-corrected chi connectivity index (χ4v) is 3.55. The van der Waals surface area contributed by atoms with Crippen LogP contribution in [0.1, 0.15) is 18.5 Å². The number of hydrogen-bond acceptors (Lipinski definition) is 4. The molecule has 2 heterocycles. The summed E-state index contributed by atoms with van der Waals surface area (Å²) in [6, 6.07) is 26.2. The quantitative estimate of drug-likeness (QED) is 0.399. The van der Waals surface area contributed by atoms with Gasteiger partial charge in [0.2, 0.25) is 5.95 Å². The van der Waals surface area contributed by atoms with Crippen LogP contribution in [0.4, 0.5) is 10.3 Å². The van der Waals surface area contributed by atoms with Crippen LogP contribution in [-0.2, 0) is 0 Å². The van der Waals surface area contributed by atoms with E-state index in [2.05, 4.69) is 29.4 Å². The predicted molar refractivity (Wildman–Crippen MR) is 121 cm³/mol. The highest BCUT2D eigenvalue weighted by Crippen LogP contribution is 2.25. The van der Waals surface area contributed by atoms with E-state index in [0.29, 0.717) is 17.5 Å². The number of hydrogen-bond donors (Lipinski definition) is 1. The Kier molecular flexibility index (Phi) is 4.88. The van der Waals surface area contributed by atoms with Crippen LogP contribution >= 0.6 is 0 Å². The zero-order valence-corrected chi connectivity index (χ0v) is 16.9. The Labute approximate surface area is 179 Å². The van der Waals surface area contributed by atoms with Crippen molar-refractivity contribution in [2.45, 2.75) is 13.0 Å². The molecule has 0 aliphatic carbocycles. The van der Waals surface area contributed by atoms with E-state index in [4.69, 9.17) is 9.97 Å². The van der Waals surface area contributed by atoms with Gasteiger partial charge in [0, 0.05) is 11.6 Å². The average molecular weight is 409 g/mol. The molecule has 0 radical (unpaired) electrons. The third kappa shape index (κ3) is 3.88. The van der Waals surface area contributed by atoms with Gasteiger partial charge in [-0.2, -0.15) is 4.98 Å². The Balaban J connectivity index is 1.61. The Morgan fingerprint density at radius 1 is 0.871 bits per heavy atom. The number of imidazole rings is 1. The summed E-state index contributed by atoms with van der Waals surface area (Å²) in [6.07, 6.45) is 1.76. The maximum Gasteiger partial charge on any atom is 0.225 e. The summed E-state index contributed by atoms with van der Waals surface area (Å²) in [4.78, 5) is 14.0. The summed E-state index contributed by atoms with van der Waals surface area (Å²) >= 11 is 0. The van der Waals surface area contributed by atoms with Gasteiger partial charge in [0.1, 0.15) is 18.0 Å². The van der Waals surface area contributed by atoms with Crippen molar-refractivity contribution in [1.82, 2.24) is 19.5 Å². The van der Waals surface area contributed by atoms with Crippen molar-refractivity contribution < 1.29 is 4.39 Å². The molecule has 0 amide bonds. The molecule has 0 aliphatic rings. The maximum atomic E-state index is 13.5. The molecule has 1 unspecified atom stereocenters. The highest BCUT2D eigenvalue weighted by Gasteiger charge is 2.13. The van der Waals surface area contributed by atoms with Crippen molar-refractivity contribution in [2.75, 3.05) is 5.32 Å². The molecule has 0 fully saturated rings. The van der Waals surface area contributed by atoms with E-state index in [-0.39, 0.29) is 11.9 Å². The van der Waals surface area contributed by atoms with Gasteiger partial charge in [-0.05, 0) is 48.9 Å². The lowest BCUT2D eigenvalue weighted by Gasteiger charge is -2.16. The van der Waals surface area contributed by atoms with Gasteiger partial charge in [-0.1, -0.05) is 42.5 Å². The van der Waals surface area contributed by atoms with Crippen LogP contribution in [0.3, 0.4) is 0 Å². The topological polar surface area (TPSA) is 55.6 Å². The van der Waals surface area contributed by atoms with Crippen molar-refractivity contribution in [1.29, 1.82) is 0 Å². The number of para-hydroxylation sites is 2. The van der Waals surface area contributed by atoms with E-state index < -0.39 is 0 Å². The van der Waals surface area contributed by atoms with Gasteiger partial charge in [0.05, 0.1) is 22.8 Å². The molecule has 0 saturated carbocycles. The molecule has 0 spiro atoms. The first kappa shape index (κ1) is 18.9. The van der Waals surface area contributed by atoms with Crippen molar-refractivity contribution in [3.8, 4) is 17.1 Å². The lowest BCUT2D eigenvalue weighted by molar-refractivity contribution is 0.628. The zero-order chi connectivity index (χ0) is 21.2. The average Bonchev–Trinajstić information content (AvgIpc) is 3.24. The molecule has 0 saturated heterocycles. The summed E-state index contributed by atoms with van der Waals surface area (Å²) in [5.74, 6) is 0.895. The highest BCUT2D eigenvalue weighted by molar-refractivity contribution is 5.77.